The van der Waals surface area contributed by atoms with Crippen LogP contribution in [0.1, 0.15) is 51.3 Å². The van der Waals surface area contributed by atoms with E-state index >= 15 is 0 Å². The average molecular weight is 427 g/mol. The Morgan fingerprint density at radius 3 is 2.48 bits per heavy atom. The molecule has 1 saturated heterocycles. The molecule has 8 nitrogen and oxygen atoms in total. The molecule has 0 radical (unpaired) electrons. The van der Waals surface area contributed by atoms with Gasteiger partial charge in [0, 0.05) is 42.7 Å². The van der Waals surface area contributed by atoms with E-state index in [1.54, 1.807) is 0 Å². The predicted molar refractivity (Wildman–Crippen MR) is 114 cm³/mol. The van der Waals surface area contributed by atoms with Crippen LogP contribution in [0.25, 0.3) is 11.4 Å². The van der Waals surface area contributed by atoms with Crippen molar-refractivity contribution in [3.63, 3.8) is 0 Å². The zero-order valence-electron chi connectivity index (χ0n) is 18.0. The second-order valence-electron chi connectivity index (χ2n) is 8.76. The molecular formula is C23H30N4O4. The molecule has 1 saturated carbocycles. The number of hydrogen-bond acceptors (Lipinski definition) is 6. The molecule has 2 aromatic rings. The summed E-state index contributed by atoms with van der Waals surface area (Å²) in [6.45, 7) is 5.10. The molecule has 8 heteroatoms. The quantitative estimate of drug-likeness (QED) is 0.736. The number of rotatable bonds is 6. The minimum absolute atomic E-state index is 0.00520. The van der Waals surface area contributed by atoms with E-state index in [1.165, 1.54) is 0 Å². The van der Waals surface area contributed by atoms with E-state index in [9.17, 15) is 9.59 Å². The van der Waals surface area contributed by atoms with Gasteiger partial charge < -0.3 is 19.9 Å². The van der Waals surface area contributed by atoms with Crippen molar-refractivity contribution in [3.8, 4) is 11.4 Å². The number of aromatic nitrogens is 2. The molecule has 0 bridgehead atoms. The van der Waals surface area contributed by atoms with Crippen molar-refractivity contribution in [1.82, 2.24) is 20.8 Å². The van der Waals surface area contributed by atoms with Crippen LogP contribution in [0.2, 0.25) is 0 Å². The summed E-state index contributed by atoms with van der Waals surface area (Å²) in [4.78, 5) is 30.2. The third-order valence-corrected chi connectivity index (χ3v) is 6.07. The minimum Gasteiger partial charge on any atom is -0.381 e. The van der Waals surface area contributed by atoms with Crippen LogP contribution in [-0.2, 0) is 14.3 Å². The molecule has 2 N–H and O–H groups in total. The van der Waals surface area contributed by atoms with Crippen LogP contribution in [0, 0.1) is 11.8 Å². The highest BCUT2D eigenvalue weighted by Gasteiger charge is 2.43. The van der Waals surface area contributed by atoms with Crippen molar-refractivity contribution < 1.29 is 18.8 Å². The Labute approximate surface area is 182 Å². The van der Waals surface area contributed by atoms with Gasteiger partial charge in [-0.1, -0.05) is 35.5 Å². The van der Waals surface area contributed by atoms with Gasteiger partial charge in [0.25, 0.3) is 0 Å². The van der Waals surface area contributed by atoms with Gasteiger partial charge in [0.2, 0.25) is 23.5 Å². The van der Waals surface area contributed by atoms with E-state index in [2.05, 4.69) is 20.8 Å². The summed E-state index contributed by atoms with van der Waals surface area (Å²) >= 11 is 0. The lowest BCUT2D eigenvalue weighted by atomic mass is 9.97. The molecule has 4 rings (SSSR count). The fourth-order valence-electron chi connectivity index (χ4n) is 4.44. The summed E-state index contributed by atoms with van der Waals surface area (Å²) in [5.41, 5.74) is 0.868. The number of hydrogen-bond donors (Lipinski definition) is 2. The Morgan fingerprint density at radius 1 is 1.03 bits per heavy atom. The van der Waals surface area contributed by atoms with Crippen LogP contribution in [0.15, 0.2) is 34.9 Å². The van der Waals surface area contributed by atoms with Crippen molar-refractivity contribution in [3.05, 3.63) is 36.2 Å². The second kappa shape index (κ2) is 9.60. The van der Waals surface area contributed by atoms with E-state index in [0.29, 0.717) is 37.8 Å². The maximum absolute atomic E-state index is 12.9. The Balaban J connectivity index is 1.52. The average Bonchev–Trinajstić information content (AvgIpc) is 3.42. The number of amides is 2. The van der Waals surface area contributed by atoms with E-state index in [0.717, 1.165) is 18.4 Å². The molecule has 31 heavy (non-hydrogen) atoms. The molecule has 2 aliphatic rings. The van der Waals surface area contributed by atoms with Gasteiger partial charge in [-0.05, 0) is 39.5 Å². The SMILES string of the molecule is CC(C)NC(=O)[C@H]1C[C@H](NC(=O)C2CCOCC2)[C@H](c2nc(-c3ccccc3)no2)C1. The predicted octanol–water partition coefficient (Wildman–Crippen LogP) is 2.67. The van der Waals surface area contributed by atoms with Gasteiger partial charge in [-0.3, -0.25) is 9.59 Å². The van der Waals surface area contributed by atoms with Gasteiger partial charge >= 0.3 is 0 Å². The first kappa shape index (κ1) is 21.5. The summed E-state index contributed by atoms with van der Waals surface area (Å²) in [6.07, 6.45) is 2.56. The topological polar surface area (TPSA) is 106 Å². The normalized spacial score (nSPS) is 24.3. The Kier molecular flexibility index (Phi) is 6.65. The third-order valence-electron chi connectivity index (χ3n) is 6.07. The van der Waals surface area contributed by atoms with Crippen LogP contribution in [0.3, 0.4) is 0 Å². The summed E-state index contributed by atoms with van der Waals surface area (Å²) in [5, 5.41) is 10.3. The van der Waals surface area contributed by atoms with E-state index < -0.39 is 0 Å². The van der Waals surface area contributed by atoms with Crippen LogP contribution in [-0.4, -0.2) is 47.3 Å². The number of nitrogens with zero attached hydrogens (tertiary/aromatic N) is 2. The molecule has 166 valence electrons. The maximum Gasteiger partial charge on any atom is 0.232 e. The standard InChI is InChI=1S/C23H30N4O4/c1-14(2)24-22(29)17-12-18(19(13-17)25-21(28)16-8-10-30-11-9-16)23-26-20(27-31-23)15-6-4-3-5-7-15/h3-7,14,16-19H,8-13H2,1-2H3,(H,24,29)(H,25,28)/t17-,18-,19+/m1/s1. The lowest BCUT2D eigenvalue weighted by molar-refractivity contribution is -0.129. The molecule has 0 unspecified atom stereocenters. The molecule has 2 heterocycles. The van der Waals surface area contributed by atoms with Crippen LogP contribution in [0.4, 0.5) is 0 Å². The molecule has 1 aromatic carbocycles. The first-order chi connectivity index (χ1) is 15.0. The number of benzene rings is 1. The molecule has 0 spiro atoms. The Hall–Kier alpha value is -2.74. The largest absolute Gasteiger partial charge is 0.381 e. The number of nitrogens with one attached hydrogen (secondary N) is 2. The maximum atomic E-state index is 12.9. The van der Waals surface area contributed by atoms with Gasteiger partial charge in [0.1, 0.15) is 0 Å². The molecule has 2 amide bonds. The van der Waals surface area contributed by atoms with Crippen molar-refractivity contribution in [2.24, 2.45) is 11.8 Å². The summed E-state index contributed by atoms with van der Waals surface area (Å²) in [7, 11) is 0. The highest BCUT2D eigenvalue weighted by molar-refractivity contribution is 5.81. The van der Waals surface area contributed by atoms with E-state index in [4.69, 9.17) is 9.26 Å². The lowest BCUT2D eigenvalue weighted by Crippen LogP contribution is -2.42. The minimum atomic E-state index is -0.220. The highest BCUT2D eigenvalue weighted by atomic mass is 16.5. The monoisotopic (exact) mass is 426 g/mol. The number of ether oxygens (including phenoxy) is 1. The van der Waals surface area contributed by atoms with Crippen molar-refractivity contribution in [2.75, 3.05) is 13.2 Å². The number of carbonyl (C=O) groups excluding carboxylic acids is 2. The molecule has 1 aromatic heterocycles. The summed E-state index contributed by atoms with van der Waals surface area (Å²) in [5.74, 6) is 0.546. The summed E-state index contributed by atoms with van der Waals surface area (Å²) < 4.78 is 11.0. The summed E-state index contributed by atoms with van der Waals surface area (Å²) in [6, 6.07) is 9.46. The Morgan fingerprint density at radius 2 is 1.77 bits per heavy atom. The first-order valence-corrected chi connectivity index (χ1v) is 11.1. The fourth-order valence-corrected chi connectivity index (χ4v) is 4.44. The highest BCUT2D eigenvalue weighted by Crippen LogP contribution is 2.39. The molecule has 1 aliphatic heterocycles. The van der Waals surface area contributed by atoms with Gasteiger partial charge in [0.15, 0.2) is 0 Å². The molecular weight excluding hydrogens is 396 g/mol. The fraction of sp³-hybridized carbons (Fsp3) is 0.565. The Bertz CT molecular complexity index is 892. The number of carbonyl (C=O) groups is 2. The lowest BCUT2D eigenvalue weighted by Gasteiger charge is -2.25. The molecule has 1 aliphatic carbocycles. The van der Waals surface area contributed by atoms with Gasteiger partial charge in [-0.2, -0.15) is 4.98 Å². The van der Waals surface area contributed by atoms with Gasteiger partial charge in [-0.25, -0.2) is 0 Å². The molecule has 3 atom stereocenters. The van der Waals surface area contributed by atoms with Crippen LogP contribution < -0.4 is 10.6 Å². The van der Waals surface area contributed by atoms with Gasteiger partial charge in [-0.15, -0.1) is 0 Å². The van der Waals surface area contributed by atoms with Crippen LogP contribution in [0.5, 0.6) is 0 Å². The van der Waals surface area contributed by atoms with E-state index in [1.807, 2.05) is 44.2 Å². The van der Waals surface area contributed by atoms with Crippen molar-refractivity contribution in [1.29, 1.82) is 0 Å². The van der Waals surface area contributed by atoms with Crippen molar-refractivity contribution >= 4 is 11.8 Å². The zero-order chi connectivity index (χ0) is 21.8. The van der Waals surface area contributed by atoms with Gasteiger partial charge in [0.05, 0.1) is 5.92 Å². The van der Waals surface area contributed by atoms with Crippen LogP contribution >= 0.6 is 0 Å². The zero-order valence-corrected chi connectivity index (χ0v) is 18.0. The molecule has 2 fully saturated rings. The van der Waals surface area contributed by atoms with Crippen molar-refractivity contribution in [2.45, 2.75) is 57.5 Å². The second-order valence-corrected chi connectivity index (χ2v) is 8.76. The smallest absolute Gasteiger partial charge is 0.232 e. The third kappa shape index (κ3) is 5.12. The van der Waals surface area contributed by atoms with E-state index in [-0.39, 0.29) is 41.7 Å². The first-order valence-electron chi connectivity index (χ1n) is 11.1.